The first-order chi connectivity index (χ1) is 10.1. The molecule has 7 nitrogen and oxygen atoms in total. The van der Waals surface area contributed by atoms with E-state index in [0.717, 1.165) is 31.1 Å². The maximum atomic E-state index is 11.7. The first kappa shape index (κ1) is 14.1. The molecule has 7 heteroatoms. The third kappa shape index (κ3) is 2.42. The van der Waals surface area contributed by atoms with E-state index < -0.39 is 0 Å². The Balaban J connectivity index is 1.97. The van der Waals surface area contributed by atoms with Crippen LogP contribution in [-0.4, -0.2) is 38.7 Å². The number of hydrogen-bond donors (Lipinski definition) is 2. The summed E-state index contributed by atoms with van der Waals surface area (Å²) in [6.45, 7) is 5.63. The SMILES string of the molecule is CCC1CCN(c2cc3n[nH]c(=O)n3c(C)n2)C(CN)C1. The first-order valence-corrected chi connectivity index (χ1v) is 7.55. The molecule has 1 saturated heterocycles. The lowest BCUT2D eigenvalue weighted by Gasteiger charge is -2.39. The summed E-state index contributed by atoms with van der Waals surface area (Å²) in [6, 6.07) is 2.17. The van der Waals surface area contributed by atoms with Crippen LogP contribution >= 0.6 is 0 Å². The summed E-state index contributed by atoms with van der Waals surface area (Å²) in [5.74, 6) is 2.26. The van der Waals surface area contributed by atoms with Gasteiger partial charge >= 0.3 is 5.69 Å². The number of nitrogens with zero attached hydrogens (tertiary/aromatic N) is 4. The number of piperidine rings is 1. The van der Waals surface area contributed by atoms with E-state index in [-0.39, 0.29) is 5.69 Å². The van der Waals surface area contributed by atoms with E-state index >= 15 is 0 Å². The van der Waals surface area contributed by atoms with Crippen molar-refractivity contribution in [2.75, 3.05) is 18.0 Å². The summed E-state index contributed by atoms with van der Waals surface area (Å²) in [5.41, 5.74) is 6.32. The average Bonchev–Trinajstić information content (AvgIpc) is 2.88. The van der Waals surface area contributed by atoms with Crippen molar-refractivity contribution in [2.24, 2.45) is 11.7 Å². The molecule has 3 heterocycles. The summed E-state index contributed by atoms with van der Waals surface area (Å²) in [4.78, 5) is 18.5. The Morgan fingerprint density at radius 2 is 2.33 bits per heavy atom. The number of nitrogens with two attached hydrogens (primary N) is 1. The number of aromatic nitrogens is 4. The smallest absolute Gasteiger partial charge is 0.349 e. The van der Waals surface area contributed by atoms with Gasteiger partial charge in [0.15, 0.2) is 5.65 Å². The standard InChI is InChI=1S/C14H22N6O/c1-3-10-4-5-19(11(6-10)8-15)12-7-13-17-18-14(21)20(13)9(2)16-12/h7,10-11H,3-6,8,15H2,1-2H3,(H,18,21). The molecule has 1 fully saturated rings. The van der Waals surface area contributed by atoms with Crippen molar-refractivity contribution < 1.29 is 0 Å². The van der Waals surface area contributed by atoms with Gasteiger partial charge in [-0.2, -0.15) is 5.10 Å². The van der Waals surface area contributed by atoms with E-state index in [0.29, 0.717) is 24.1 Å². The quantitative estimate of drug-likeness (QED) is 0.867. The summed E-state index contributed by atoms with van der Waals surface area (Å²) < 4.78 is 1.49. The van der Waals surface area contributed by atoms with Gasteiger partial charge < -0.3 is 10.6 Å². The van der Waals surface area contributed by atoms with Gasteiger partial charge in [0.1, 0.15) is 11.6 Å². The number of aryl methyl sites for hydroxylation is 1. The highest BCUT2D eigenvalue weighted by Crippen LogP contribution is 2.28. The van der Waals surface area contributed by atoms with Crippen LogP contribution in [0.4, 0.5) is 5.82 Å². The second-order valence-corrected chi connectivity index (χ2v) is 5.77. The van der Waals surface area contributed by atoms with Gasteiger partial charge in [-0.3, -0.25) is 0 Å². The minimum atomic E-state index is -0.249. The van der Waals surface area contributed by atoms with Gasteiger partial charge in [0.2, 0.25) is 0 Å². The highest BCUT2D eigenvalue weighted by molar-refractivity contribution is 5.52. The molecule has 0 saturated carbocycles. The van der Waals surface area contributed by atoms with Crippen LogP contribution in [0.2, 0.25) is 0 Å². The highest BCUT2D eigenvalue weighted by Gasteiger charge is 2.28. The first-order valence-electron chi connectivity index (χ1n) is 7.55. The minimum Gasteiger partial charge on any atom is -0.352 e. The Morgan fingerprint density at radius 3 is 3.05 bits per heavy atom. The number of rotatable bonds is 3. The molecule has 2 unspecified atom stereocenters. The van der Waals surface area contributed by atoms with Gasteiger partial charge in [0, 0.05) is 25.2 Å². The number of anilines is 1. The molecule has 0 radical (unpaired) electrons. The van der Waals surface area contributed by atoms with Crippen LogP contribution < -0.4 is 16.3 Å². The van der Waals surface area contributed by atoms with Crippen LogP contribution in [0.5, 0.6) is 0 Å². The Kier molecular flexibility index (Phi) is 3.67. The molecule has 1 aliphatic heterocycles. The minimum absolute atomic E-state index is 0.249. The van der Waals surface area contributed by atoms with Crippen molar-refractivity contribution in [2.45, 2.75) is 39.2 Å². The van der Waals surface area contributed by atoms with Crippen LogP contribution in [0.25, 0.3) is 5.65 Å². The van der Waals surface area contributed by atoms with Crippen LogP contribution in [0.3, 0.4) is 0 Å². The lowest BCUT2D eigenvalue weighted by atomic mass is 9.89. The summed E-state index contributed by atoms with van der Waals surface area (Å²) in [6.07, 6.45) is 3.46. The van der Waals surface area contributed by atoms with Gasteiger partial charge in [-0.15, -0.1) is 0 Å². The van der Waals surface area contributed by atoms with Gasteiger partial charge in [0.05, 0.1) is 0 Å². The van der Waals surface area contributed by atoms with E-state index in [4.69, 9.17) is 5.73 Å². The molecule has 114 valence electrons. The summed E-state index contributed by atoms with van der Waals surface area (Å²) >= 11 is 0. The van der Waals surface area contributed by atoms with Gasteiger partial charge in [0.25, 0.3) is 0 Å². The largest absolute Gasteiger partial charge is 0.352 e. The third-order valence-electron chi connectivity index (χ3n) is 4.52. The normalized spacial score (nSPS) is 22.9. The van der Waals surface area contributed by atoms with Crippen LogP contribution in [-0.2, 0) is 0 Å². The van der Waals surface area contributed by atoms with Gasteiger partial charge in [-0.25, -0.2) is 19.3 Å². The van der Waals surface area contributed by atoms with E-state index in [1.807, 2.05) is 13.0 Å². The zero-order valence-electron chi connectivity index (χ0n) is 12.5. The topological polar surface area (TPSA) is 92.3 Å². The molecule has 0 amide bonds. The monoisotopic (exact) mass is 290 g/mol. The van der Waals surface area contributed by atoms with Crippen LogP contribution in [0.1, 0.15) is 32.0 Å². The average molecular weight is 290 g/mol. The van der Waals surface area contributed by atoms with Crippen LogP contribution in [0, 0.1) is 12.8 Å². The predicted octanol–water partition coefficient (Wildman–Crippen LogP) is 0.680. The van der Waals surface area contributed by atoms with E-state index in [2.05, 4.69) is 27.0 Å². The number of hydrogen-bond acceptors (Lipinski definition) is 5. The number of nitrogens with one attached hydrogen (secondary N) is 1. The Labute approximate surface area is 123 Å². The molecule has 0 aromatic carbocycles. The Morgan fingerprint density at radius 1 is 1.52 bits per heavy atom. The maximum Gasteiger partial charge on any atom is 0.349 e. The summed E-state index contributed by atoms with van der Waals surface area (Å²) in [7, 11) is 0. The maximum absolute atomic E-state index is 11.7. The molecule has 0 aliphatic carbocycles. The second kappa shape index (κ2) is 5.48. The van der Waals surface area contributed by atoms with Gasteiger partial charge in [-0.1, -0.05) is 13.3 Å². The predicted molar refractivity (Wildman–Crippen MR) is 81.5 cm³/mol. The molecule has 0 bridgehead atoms. The third-order valence-corrected chi connectivity index (χ3v) is 4.52. The molecule has 2 aromatic rings. The van der Waals surface area contributed by atoms with Crippen molar-refractivity contribution in [1.29, 1.82) is 0 Å². The number of fused-ring (bicyclic) bond motifs is 1. The molecule has 0 spiro atoms. The molecule has 3 rings (SSSR count). The Hall–Kier alpha value is -1.89. The fraction of sp³-hybridized carbons (Fsp3) is 0.643. The van der Waals surface area contributed by atoms with Crippen LogP contribution in [0.15, 0.2) is 10.9 Å². The van der Waals surface area contributed by atoms with E-state index in [9.17, 15) is 4.79 Å². The molecule has 2 aromatic heterocycles. The molecule has 1 aliphatic rings. The Bertz CT molecular complexity index is 690. The number of aromatic amines is 1. The molecule has 3 N–H and O–H groups in total. The van der Waals surface area contributed by atoms with Gasteiger partial charge in [-0.05, 0) is 25.7 Å². The summed E-state index contributed by atoms with van der Waals surface area (Å²) in [5, 5.41) is 6.51. The fourth-order valence-corrected chi connectivity index (χ4v) is 3.26. The zero-order chi connectivity index (χ0) is 15.0. The molecule has 2 atom stereocenters. The lowest BCUT2D eigenvalue weighted by molar-refractivity contribution is 0.334. The van der Waals surface area contributed by atoms with E-state index in [1.54, 1.807) is 0 Å². The van der Waals surface area contributed by atoms with Crippen molar-refractivity contribution in [3.05, 3.63) is 22.4 Å². The van der Waals surface area contributed by atoms with Crippen molar-refractivity contribution in [1.82, 2.24) is 19.6 Å². The lowest BCUT2D eigenvalue weighted by Crippen LogP contribution is -2.47. The molecular weight excluding hydrogens is 268 g/mol. The zero-order valence-corrected chi connectivity index (χ0v) is 12.5. The van der Waals surface area contributed by atoms with Crippen molar-refractivity contribution in [3.63, 3.8) is 0 Å². The molecular formula is C14H22N6O. The number of H-pyrrole nitrogens is 1. The van der Waals surface area contributed by atoms with Crippen molar-refractivity contribution >= 4 is 11.5 Å². The molecule has 21 heavy (non-hydrogen) atoms. The van der Waals surface area contributed by atoms with E-state index in [1.165, 1.54) is 10.8 Å². The fourth-order valence-electron chi connectivity index (χ4n) is 3.26. The second-order valence-electron chi connectivity index (χ2n) is 5.77. The van der Waals surface area contributed by atoms with Crippen molar-refractivity contribution in [3.8, 4) is 0 Å². The highest BCUT2D eigenvalue weighted by atomic mass is 16.1.